The highest BCUT2D eigenvalue weighted by molar-refractivity contribution is 5.79. The van der Waals surface area contributed by atoms with Gasteiger partial charge in [-0.25, -0.2) is 9.97 Å². The van der Waals surface area contributed by atoms with E-state index in [2.05, 4.69) is 23.7 Å². The van der Waals surface area contributed by atoms with E-state index in [0.717, 1.165) is 48.4 Å². The fraction of sp³-hybridized carbons (Fsp3) is 0.286. The fourth-order valence-corrected chi connectivity index (χ4v) is 3.32. The predicted molar refractivity (Wildman–Crippen MR) is 98.3 cm³/mol. The molecule has 3 heterocycles. The standard InChI is InChI=1S/C21H19N3O/c1-15-5-4-12-24-20(13-15)23-19-14-16(8-10-18(19)21(24)25)7-9-17-6-2-3-11-22-17/h2-3,6,8,10-11,14-15H,4-5,12-13H2,1H3. The molecule has 1 aliphatic heterocycles. The summed E-state index contributed by atoms with van der Waals surface area (Å²) in [5, 5.41) is 0.668. The van der Waals surface area contributed by atoms with Gasteiger partial charge in [0, 0.05) is 24.7 Å². The molecule has 4 heteroatoms. The van der Waals surface area contributed by atoms with Crippen molar-refractivity contribution in [2.75, 3.05) is 0 Å². The Labute approximate surface area is 146 Å². The predicted octanol–water partition coefficient (Wildman–Crippen LogP) is 3.16. The van der Waals surface area contributed by atoms with Crippen molar-refractivity contribution in [1.82, 2.24) is 14.5 Å². The number of aromatic nitrogens is 3. The van der Waals surface area contributed by atoms with Gasteiger partial charge in [0.15, 0.2) is 0 Å². The average molecular weight is 329 g/mol. The highest BCUT2D eigenvalue weighted by Crippen LogP contribution is 2.19. The second-order valence-corrected chi connectivity index (χ2v) is 6.63. The molecule has 25 heavy (non-hydrogen) atoms. The van der Waals surface area contributed by atoms with E-state index in [4.69, 9.17) is 4.98 Å². The Morgan fingerprint density at radius 1 is 1.20 bits per heavy atom. The first-order chi connectivity index (χ1) is 12.2. The summed E-state index contributed by atoms with van der Waals surface area (Å²) in [5.74, 6) is 7.62. The van der Waals surface area contributed by atoms with Gasteiger partial charge in [0.2, 0.25) is 0 Å². The lowest BCUT2D eigenvalue weighted by atomic mass is 10.0. The van der Waals surface area contributed by atoms with Crippen LogP contribution in [0.15, 0.2) is 47.4 Å². The van der Waals surface area contributed by atoms with Gasteiger partial charge in [0.25, 0.3) is 5.56 Å². The van der Waals surface area contributed by atoms with E-state index in [1.165, 1.54) is 0 Å². The van der Waals surface area contributed by atoms with E-state index >= 15 is 0 Å². The molecule has 0 saturated carbocycles. The molecule has 0 N–H and O–H groups in total. The molecule has 0 saturated heterocycles. The van der Waals surface area contributed by atoms with E-state index in [1.54, 1.807) is 6.20 Å². The number of benzene rings is 1. The van der Waals surface area contributed by atoms with Crippen LogP contribution in [0.25, 0.3) is 10.9 Å². The van der Waals surface area contributed by atoms with Gasteiger partial charge in [-0.05, 0) is 55.0 Å². The van der Waals surface area contributed by atoms with Gasteiger partial charge in [-0.2, -0.15) is 0 Å². The Kier molecular flexibility index (Phi) is 4.07. The maximum absolute atomic E-state index is 12.8. The molecule has 0 amide bonds. The SMILES string of the molecule is CC1CCCn2c(nc3cc(C#Cc4ccccn4)ccc3c2=O)C1. The Bertz CT molecular complexity index is 1040. The molecule has 2 aromatic heterocycles. The second kappa shape index (κ2) is 6.52. The van der Waals surface area contributed by atoms with Gasteiger partial charge in [0.05, 0.1) is 10.9 Å². The van der Waals surface area contributed by atoms with Crippen LogP contribution in [0.1, 0.15) is 36.8 Å². The van der Waals surface area contributed by atoms with Crippen LogP contribution in [0, 0.1) is 17.8 Å². The van der Waals surface area contributed by atoms with Crippen molar-refractivity contribution in [2.24, 2.45) is 5.92 Å². The third-order valence-electron chi connectivity index (χ3n) is 4.64. The first-order valence-electron chi connectivity index (χ1n) is 8.67. The van der Waals surface area contributed by atoms with Gasteiger partial charge in [-0.15, -0.1) is 0 Å². The van der Waals surface area contributed by atoms with Crippen LogP contribution in [-0.2, 0) is 13.0 Å². The highest BCUT2D eigenvalue weighted by Gasteiger charge is 2.17. The van der Waals surface area contributed by atoms with Crippen molar-refractivity contribution < 1.29 is 0 Å². The lowest BCUT2D eigenvalue weighted by molar-refractivity contribution is 0.519. The molecule has 1 unspecified atom stereocenters. The van der Waals surface area contributed by atoms with Crippen molar-refractivity contribution in [3.63, 3.8) is 0 Å². The van der Waals surface area contributed by atoms with Crippen LogP contribution >= 0.6 is 0 Å². The third-order valence-corrected chi connectivity index (χ3v) is 4.64. The minimum absolute atomic E-state index is 0.0679. The van der Waals surface area contributed by atoms with Crippen molar-refractivity contribution in [3.05, 3.63) is 70.0 Å². The maximum Gasteiger partial charge on any atom is 0.261 e. The van der Waals surface area contributed by atoms with Crippen LogP contribution < -0.4 is 5.56 Å². The van der Waals surface area contributed by atoms with Gasteiger partial charge < -0.3 is 0 Å². The molecule has 0 fully saturated rings. The summed E-state index contributed by atoms with van der Waals surface area (Å²) in [6.45, 7) is 2.99. The Morgan fingerprint density at radius 3 is 2.96 bits per heavy atom. The van der Waals surface area contributed by atoms with Gasteiger partial charge >= 0.3 is 0 Å². The lowest BCUT2D eigenvalue weighted by Crippen LogP contribution is -2.24. The molecule has 4 nitrogen and oxygen atoms in total. The van der Waals surface area contributed by atoms with Gasteiger partial charge in [-0.3, -0.25) is 9.36 Å². The van der Waals surface area contributed by atoms with E-state index in [0.29, 0.717) is 11.3 Å². The number of fused-ring (bicyclic) bond motifs is 2. The number of hydrogen-bond acceptors (Lipinski definition) is 3. The first kappa shape index (κ1) is 15.6. The lowest BCUT2D eigenvalue weighted by Gasteiger charge is -2.11. The maximum atomic E-state index is 12.8. The third kappa shape index (κ3) is 3.18. The van der Waals surface area contributed by atoms with E-state index in [1.807, 2.05) is 41.0 Å². The summed E-state index contributed by atoms with van der Waals surface area (Å²) in [6, 6.07) is 11.3. The molecular weight excluding hydrogens is 310 g/mol. The molecule has 0 spiro atoms. The molecule has 4 rings (SSSR count). The Morgan fingerprint density at radius 2 is 2.12 bits per heavy atom. The number of rotatable bonds is 0. The van der Waals surface area contributed by atoms with Crippen LogP contribution in [0.3, 0.4) is 0 Å². The number of hydrogen-bond donors (Lipinski definition) is 0. The molecule has 1 aromatic carbocycles. The van der Waals surface area contributed by atoms with Crippen LogP contribution in [0.5, 0.6) is 0 Å². The molecule has 3 aromatic rings. The summed E-state index contributed by atoms with van der Waals surface area (Å²) in [4.78, 5) is 21.8. The average Bonchev–Trinajstić information content (AvgIpc) is 2.82. The van der Waals surface area contributed by atoms with E-state index in [-0.39, 0.29) is 5.56 Å². The largest absolute Gasteiger partial charge is 0.296 e. The highest BCUT2D eigenvalue weighted by atomic mass is 16.1. The molecule has 0 aliphatic carbocycles. The molecular formula is C21H19N3O. The minimum atomic E-state index is 0.0679. The molecule has 0 radical (unpaired) electrons. The summed E-state index contributed by atoms with van der Waals surface area (Å²) >= 11 is 0. The van der Waals surface area contributed by atoms with E-state index in [9.17, 15) is 4.79 Å². The van der Waals surface area contributed by atoms with Gasteiger partial charge in [-0.1, -0.05) is 18.9 Å². The summed E-state index contributed by atoms with van der Waals surface area (Å²) in [7, 11) is 0. The zero-order valence-electron chi connectivity index (χ0n) is 14.2. The Hall–Kier alpha value is -2.93. The molecule has 0 bridgehead atoms. The van der Waals surface area contributed by atoms with Crippen LogP contribution in [-0.4, -0.2) is 14.5 Å². The van der Waals surface area contributed by atoms with Crippen LogP contribution in [0.4, 0.5) is 0 Å². The topological polar surface area (TPSA) is 47.8 Å². The smallest absolute Gasteiger partial charge is 0.261 e. The van der Waals surface area contributed by atoms with E-state index < -0.39 is 0 Å². The molecule has 124 valence electrons. The Balaban J connectivity index is 1.79. The summed E-state index contributed by atoms with van der Waals surface area (Å²) in [5.41, 5.74) is 2.37. The zero-order valence-corrected chi connectivity index (χ0v) is 14.2. The van der Waals surface area contributed by atoms with Crippen molar-refractivity contribution in [2.45, 2.75) is 32.7 Å². The van der Waals surface area contributed by atoms with Crippen molar-refractivity contribution in [1.29, 1.82) is 0 Å². The number of pyridine rings is 1. The first-order valence-corrected chi connectivity index (χ1v) is 8.67. The van der Waals surface area contributed by atoms with Crippen molar-refractivity contribution in [3.8, 4) is 11.8 Å². The summed E-state index contributed by atoms with van der Waals surface area (Å²) in [6.07, 6.45) is 4.76. The normalized spacial score (nSPS) is 16.6. The molecule has 1 atom stereocenters. The monoisotopic (exact) mass is 329 g/mol. The second-order valence-electron chi connectivity index (χ2n) is 6.63. The molecule has 1 aliphatic rings. The van der Waals surface area contributed by atoms with Gasteiger partial charge in [0.1, 0.15) is 11.5 Å². The van der Waals surface area contributed by atoms with Crippen molar-refractivity contribution >= 4 is 10.9 Å². The zero-order chi connectivity index (χ0) is 17.2. The fourth-order valence-electron chi connectivity index (χ4n) is 3.32. The number of nitrogens with zero attached hydrogens (tertiary/aromatic N) is 3. The quantitative estimate of drug-likeness (QED) is 0.595. The summed E-state index contributed by atoms with van der Waals surface area (Å²) < 4.78 is 1.85. The van der Waals surface area contributed by atoms with Crippen LogP contribution in [0.2, 0.25) is 0 Å². The minimum Gasteiger partial charge on any atom is -0.296 e.